The van der Waals surface area contributed by atoms with Crippen LogP contribution in [0, 0.1) is 13.8 Å². The van der Waals surface area contributed by atoms with Crippen molar-refractivity contribution in [3.8, 4) is 0 Å². The Kier molecular flexibility index (Phi) is 8.87. The van der Waals surface area contributed by atoms with Crippen LogP contribution in [0.3, 0.4) is 0 Å². The molecule has 8 heteroatoms. The van der Waals surface area contributed by atoms with Crippen molar-refractivity contribution < 1.29 is 18.7 Å². The van der Waals surface area contributed by atoms with Crippen LogP contribution in [0.4, 0.5) is 9.18 Å². The Bertz CT molecular complexity index is 1540. The van der Waals surface area contributed by atoms with Gasteiger partial charge in [0.05, 0.1) is 23.6 Å². The summed E-state index contributed by atoms with van der Waals surface area (Å²) in [6, 6.07) is 23.8. The maximum atomic E-state index is 13.1. The minimum absolute atomic E-state index is 0.149. The molecule has 0 fully saturated rings. The lowest BCUT2D eigenvalue weighted by Crippen LogP contribution is -2.38. The largest absolute Gasteiger partial charge is 0.442 e. The number of nitrogens with one attached hydrogen (secondary N) is 1. The van der Waals surface area contributed by atoms with Gasteiger partial charge in [0, 0.05) is 6.54 Å². The molecule has 210 valence electrons. The number of fused-ring (bicyclic) bond motifs is 1. The second-order valence-electron chi connectivity index (χ2n) is 11.1. The molecule has 40 heavy (non-hydrogen) atoms. The van der Waals surface area contributed by atoms with Crippen LogP contribution in [0.15, 0.2) is 77.8 Å². The van der Waals surface area contributed by atoms with Gasteiger partial charge in [0.2, 0.25) is 5.62 Å². The third-order valence-electron chi connectivity index (χ3n) is 6.55. The summed E-state index contributed by atoms with van der Waals surface area (Å²) in [4.78, 5) is 29.6. The van der Waals surface area contributed by atoms with E-state index in [1.165, 1.54) is 0 Å². The zero-order chi connectivity index (χ0) is 28.9. The molecular weight excluding hydrogens is 507 g/mol. The lowest BCUT2D eigenvalue weighted by atomic mass is 10.0. The lowest BCUT2D eigenvalue weighted by molar-refractivity contribution is -0.122. The van der Waals surface area contributed by atoms with E-state index in [9.17, 15) is 14.0 Å². The van der Waals surface area contributed by atoms with Gasteiger partial charge in [0.25, 0.3) is 5.91 Å². The molecule has 0 aliphatic rings. The van der Waals surface area contributed by atoms with Gasteiger partial charge in [-0.05, 0) is 64.3 Å². The van der Waals surface area contributed by atoms with Gasteiger partial charge in [-0.15, -0.1) is 4.99 Å². The molecule has 4 rings (SSSR count). The number of carbonyl (C=O) groups is 2. The number of aryl methyl sites for hydroxylation is 2. The number of halogens is 1. The highest BCUT2D eigenvalue weighted by atomic mass is 19.1. The summed E-state index contributed by atoms with van der Waals surface area (Å²) in [6.07, 6.45) is -0.191. The number of nitrogens with zero attached hydrogens (tertiary/aromatic N) is 3. The predicted octanol–water partition coefficient (Wildman–Crippen LogP) is 5.81. The molecule has 1 aromatic heterocycles. The van der Waals surface area contributed by atoms with Gasteiger partial charge in [0.1, 0.15) is 5.60 Å². The van der Waals surface area contributed by atoms with Crippen molar-refractivity contribution in [2.75, 3.05) is 13.2 Å². The van der Waals surface area contributed by atoms with Crippen LogP contribution < -0.4 is 10.9 Å². The van der Waals surface area contributed by atoms with Gasteiger partial charge >= 0.3 is 6.09 Å². The zero-order valence-corrected chi connectivity index (χ0v) is 23.8. The Labute approximate surface area is 234 Å². The van der Waals surface area contributed by atoms with Crippen LogP contribution in [0.2, 0.25) is 0 Å². The molecular formula is C32H37FN4O3. The quantitative estimate of drug-likeness (QED) is 0.304. The highest BCUT2D eigenvalue weighted by molar-refractivity contribution is 5.78. The second-order valence-corrected chi connectivity index (χ2v) is 11.1. The van der Waals surface area contributed by atoms with E-state index in [0.717, 1.165) is 33.3 Å². The molecule has 7 nitrogen and oxygen atoms in total. The first kappa shape index (κ1) is 28.8. The molecule has 1 atom stereocenters. The summed E-state index contributed by atoms with van der Waals surface area (Å²) < 4.78 is 22.7. The molecule has 4 aromatic rings. The smallest absolute Gasteiger partial charge is 0.437 e. The average molecular weight is 545 g/mol. The Morgan fingerprint density at radius 1 is 0.900 bits per heavy atom. The van der Waals surface area contributed by atoms with Crippen LogP contribution in [0.25, 0.3) is 11.0 Å². The van der Waals surface area contributed by atoms with E-state index in [4.69, 9.17) is 4.74 Å². The molecule has 0 radical (unpaired) electrons. The number of alkyl halides is 1. The molecule has 3 aromatic carbocycles. The average Bonchev–Trinajstić information content (AvgIpc) is 3.20. The minimum Gasteiger partial charge on any atom is -0.442 e. The van der Waals surface area contributed by atoms with Crippen LogP contribution >= 0.6 is 0 Å². The van der Waals surface area contributed by atoms with E-state index in [-0.39, 0.29) is 12.6 Å². The molecule has 0 saturated heterocycles. The van der Waals surface area contributed by atoms with E-state index in [1.807, 2.05) is 83.6 Å². The summed E-state index contributed by atoms with van der Waals surface area (Å²) in [5, 5.41) is 2.71. The van der Waals surface area contributed by atoms with Crippen LogP contribution in [0.1, 0.15) is 49.1 Å². The Morgan fingerprint density at radius 2 is 1.48 bits per heavy atom. The Balaban J connectivity index is 1.94. The topological polar surface area (TPSA) is 77.6 Å². The standard InChI is InChI=1S/C32H37FN4O3/c1-22-10-14-24(15-11-22)18-26(20-34-29(38)19-33)37-28-9-7-6-8-27(28)36(21-25-16-12-23(2)13-17-25)30(37)35-31(39)40-32(3,4)5/h6-17,26H,18-21H2,1-5H3,(H,34,38). The Morgan fingerprint density at radius 3 is 2.05 bits per heavy atom. The van der Waals surface area contributed by atoms with Crippen molar-refractivity contribution >= 4 is 23.0 Å². The number of hydrogen-bond acceptors (Lipinski definition) is 3. The maximum Gasteiger partial charge on any atom is 0.437 e. The van der Waals surface area contributed by atoms with Gasteiger partial charge in [-0.3, -0.25) is 4.79 Å². The van der Waals surface area contributed by atoms with E-state index >= 15 is 0 Å². The summed E-state index contributed by atoms with van der Waals surface area (Å²) in [5.74, 6) is -0.691. The fraction of sp³-hybridized carbons (Fsp3) is 0.344. The fourth-order valence-corrected chi connectivity index (χ4v) is 4.64. The first-order chi connectivity index (χ1) is 19.0. The first-order valence-corrected chi connectivity index (χ1v) is 13.5. The van der Waals surface area contributed by atoms with E-state index in [2.05, 4.69) is 22.4 Å². The fourth-order valence-electron chi connectivity index (χ4n) is 4.64. The SMILES string of the molecule is Cc1ccc(CC(CNC(=O)CF)n2c(=NC(=O)OC(C)(C)C)n(Cc3ccc(C)cc3)c3ccccc32)cc1. The van der Waals surface area contributed by atoms with Gasteiger partial charge in [0.15, 0.2) is 6.67 Å². The molecule has 0 aliphatic heterocycles. The number of amides is 2. The third kappa shape index (κ3) is 7.25. The van der Waals surface area contributed by atoms with Crippen molar-refractivity contribution in [2.24, 2.45) is 4.99 Å². The number of imidazole rings is 1. The number of rotatable bonds is 8. The van der Waals surface area contributed by atoms with Crippen molar-refractivity contribution in [1.29, 1.82) is 0 Å². The number of carbonyl (C=O) groups excluding carboxylic acids is 2. The second kappa shape index (κ2) is 12.3. The molecule has 0 saturated carbocycles. The summed E-state index contributed by atoms with van der Waals surface area (Å²) in [7, 11) is 0. The van der Waals surface area contributed by atoms with Crippen LogP contribution in [-0.4, -0.2) is 40.0 Å². The summed E-state index contributed by atoms with van der Waals surface area (Å²) in [6.45, 7) is 8.95. The maximum absolute atomic E-state index is 13.1. The highest BCUT2D eigenvalue weighted by Gasteiger charge is 2.23. The number of ether oxygens (including phenoxy) is 1. The van der Waals surface area contributed by atoms with Crippen LogP contribution in [-0.2, 0) is 22.5 Å². The third-order valence-corrected chi connectivity index (χ3v) is 6.55. The summed E-state index contributed by atoms with van der Waals surface area (Å²) >= 11 is 0. The molecule has 0 aliphatic carbocycles. The van der Waals surface area contributed by atoms with E-state index in [0.29, 0.717) is 18.6 Å². The van der Waals surface area contributed by atoms with Gasteiger partial charge in [-0.1, -0.05) is 71.8 Å². The molecule has 0 bridgehead atoms. The molecule has 1 N–H and O–H groups in total. The van der Waals surface area contributed by atoms with Crippen molar-refractivity contribution in [1.82, 2.24) is 14.5 Å². The first-order valence-electron chi connectivity index (χ1n) is 13.5. The van der Waals surface area contributed by atoms with Gasteiger partial charge in [-0.25, -0.2) is 9.18 Å². The van der Waals surface area contributed by atoms with E-state index in [1.54, 1.807) is 20.8 Å². The molecule has 1 heterocycles. The Hall–Kier alpha value is -4.20. The van der Waals surface area contributed by atoms with Crippen LogP contribution in [0.5, 0.6) is 0 Å². The summed E-state index contributed by atoms with van der Waals surface area (Å²) in [5.41, 5.74) is 5.74. The van der Waals surface area contributed by atoms with Crippen molar-refractivity contribution in [3.05, 3.63) is 101 Å². The number of aromatic nitrogens is 2. The number of para-hydroxylation sites is 2. The molecule has 0 spiro atoms. The minimum atomic E-state index is -1.10. The highest BCUT2D eigenvalue weighted by Crippen LogP contribution is 2.22. The molecule has 2 amide bonds. The molecule has 1 unspecified atom stereocenters. The number of hydrogen-bond donors (Lipinski definition) is 1. The predicted molar refractivity (Wildman–Crippen MR) is 155 cm³/mol. The lowest BCUT2D eigenvalue weighted by Gasteiger charge is -2.21. The monoisotopic (exact) mass is 544 g/mol. The van der Waals surface area contributed by atoms with Crippen molar-refractivity contribution in [3.63, 3.8) is 0 Å². The zero-order valence-electron chi connectivity index (χ0n) is 23.8. The van der Waals surface area contributed by atoms with E-state index < -0.39 is 24.3 Å². The van der Waals surface area contributed by atoms with Gasteiger partial charge < -0.3 is 19.2 Å². The van der Waals surface area contributed by atoms with Crippen molar-refractivity contribution in [2.45, 2.75) is 59.2 Å². The van der Waals surface area contributed by atoms with Gasteiger partial charge in [-0.2, -0.15) is 0 Å². The number of benzene rings is 3. The normalized spacial score (nSPS) is 12.9.